The predicted molar refractivity (Wildman–Crippen MR) is 50.4 cm³/mol. The second-order valence-electron chi connectivity index (χ2n) is 3.95. The molecule has 1 aliphatic rings. The number of hydrogen-bond donors (Lipinski definition) is 2. The summed E-state index contributed by atoms with van der Waals surface area (Å²) in [6.07, 6.45) is 0. The van der Waals surface area contributed by atoms with E-state index in [-0.39, 0.29) is 11.9 Å². The van der Waals surface area contributed by atoms with Crippen LogP contribution in [0.2, 0.25) is 0 Å². The molecule has 76 valence electrons. The summed E-state index contributed by atoms with van der Waals surface area (Å²) in [4.78, 5) is 12.9. The number of hydrogen-bond acceptors (Lipinski definition) is 2. The van der Waals surface area contributed by atoms with Crippen molar-refractivity contribution in [2.24, 2.45) is 5.92 Å². The van der Waals surface area contributed by atoms with Crippen LogP contribution in [-0.4, -0.2) is 41.3 Å². The zero-order valence-electron chi connectivity index (χ0n) is 8.50. The van der Waals surface area contributed by atoms with Crippen molar-refractivity contribution < 1.29 is 9.90 Å². The van der Waals surface area contributed by atoms with Gasteiger partial charge in [-0.2, -0.15) is 0 Å². The molecule has 4 nitrogen and oxygen atoms in total. The Morgan fingerprint density at radius 3 is 2.54 bits per heavy atom. The Labute approximate surface area is 78.9 Å². The van der Waals surface area contributed by atoms with Crippen LogP contribution < -0.4 is 5.32 Å². The fourth-order valence-corrected chi connectivity index (χ4v) is 1.39. The topological polar surface area (TPSA) is 52.6 Å². The molecule has 13 heavy (non-hydrogen) atoms. The van der Waals surface area contributed by atoms with Crippen molar-refractivity contribution in [3.8, 4) is 0 Å². The molecule has 1 rings (SSSR count). The van der Waals surface area contributed by atoms with Crippen LogP contribution in [0, 0.1) is 5.92 Å². The highest BCUT2D eigenvalue weighted by Gasteiger charge is 2.45. The van der Waals surface area contributed by atoms with Gasteiger partial charge in [-0.25, -0.2) is 4.79 Å². The summed E-state index contributed by atoms with van der Waals surface area (Å²) in [6, 6.07) is -0.0761. The highest BCUT2D eigenvalue weighted by atomic mass is 16.3. The van der Waals surface area contributed by atoms with Crippen molar-refractivity contribution in [2.75, 3.05) is 19.6 Å². The first kappa shape index (κ1) is 10.3. The normalized spacial score (nSPS) is 19.9. The Kier molecular flexibility index (Phi) is 2.81. The van der Waals surface area contributed by atoms with E-state index in [1.807, 2.05) is 20.8 Å². The fourth-order valence-electron chi connectivity index (χ4n) is 1.39. The lowest BCUT2D eigenvalue weighted by Crippen LogP contribution is -2.67. The van der Waals surface area contributed by atoms with Crippen molar-refractivity contribution >= 4 is 6.03 Å². The van der Waals surface area contributed by atoms with Gasteiger partial charge >= 0.3 is 6.03 Å². The molecule has 0 aromatic carbocycles. The molecule has 1 saturated heterocycles. The maximum Gasteiger partial charge on any atom is 0.317 e. The number of likely N-dealkylation sites (tertiary alicyclic amines) is 1. The summed E-state index contributed by atoms with van der Waals surface area (Å²) >= 11 is 0. The third kappa shape index (κ3) is 1.94. The first-order valence-corrected chi connectivity index (χ1v) is 4.74. The van der Waals surface area contributed by atoms with E-state index in [1.165, 1.54) is 0 Å². The van der Waals surface area contributed by atoms with Gasteiger partial charge in [-0.15, -0.1) is 0 Å². The van der Waals surface area contributed by atoms with Gasteiger partial charge in [0.1, 0.15) is 5.60 Å². The standard InChI is InChI=1S/C9H18N2O2/c1-4-10-8(12)11-5-9(13,6-11)7(2)3/h7,13H,4-6H2,1-3H3,(H,10,12). The first-order chi connectivity index (χ1) is 5.99. The molecule has 2 N–H and O–H groups in total. The quantitative estimate of drug-likeness (QED) is 0.656. The number of aliphatic hydroxyl groups is 1. The third-order valence-corrected chi connectivity index (χ3v) is 2.62. The molecule has 4 heteroatoms. The van der Waals surface area contributed by atoms with Gasteiger partial charge in [0.2, 0.25) is 0 Å². The highest BCUT2D eigenvalue weighted by molar-refractivity contribution is 5.75. The summed E-state index contributed by atoms with van der Waals surface area (Å²) < 4.78 is 0. The number of β-amino-alcohol motifs (C(OH)–C–C–N with tert-alkyl or cyclic N) is 1. The van der Waals surface area contributed by atoms with Gasteiger partial charge in [-0.3, -0.25) is 0 Å². The molecular formula is C9H18N2O2. The van der Waals surface area contributed by atoms with Crippen LogP contribution >= 0.6 is 0 Å². The van der Waals surface area contributed by atoms with E-state index in [2.05, 4.69) is 5.32 Å². The molecule has 0 radical (unpaired) electrons. The van der Waals surface area contributed by atoms with Crippen LogP contribution in [0.3, 0.4) is 0 Å². The minimum absolute atomic E-state index is 0.0761. The molecule has 0 aliphatic carbocycles. The van der Waals surface area contributed by atoms with Crippen LogP contribution in [0.5, 0.6) is 0 Å². The smallest absolute Gasteiger partial charge is 0.317 e. The summed E-state index contributed by atoms with van der Waals surface area (Å²) in [5, 5.41) is 12.6. The van der Waals surface area contributed by atoms with Crippen LogP contribution in [0.4, 0.5) is 4.79 Å². The lowest BCUT2D eigenvalue weighted by Gasteiger charge is -2.48. The summed E-state index contributed by atoms with van der Waals surface area (Å²) in [5.41, 5.74) is -0.662. The first-order valence-electron chi connectivity index (χ1n) is 4.74. The maximum absolute atomic E-state index is 11.2. The van der Waals surface area contributed by atoms with Crippen molar-refractivity contribution in [3.63, 3.8) is 0 Å². The molecule has 2 amide bonds. The molecule has 1 aliphatic heterocycles. The fraction of sp³-hybridized carbons (Fsp3) is 0.889. The van der Waals surface area contributed by atoms with E-state index in [9.17, 15) is 9.90 Å². The van der Waals surface area contributed by atoms with E-state index in [4.69, 9.17) is 0 Å². The highest BCUT2D eigenvalue weighted by Crippen LogP contribution is 2.28. The Bertz CT molecular complexity index is 198. The molecule has 1 heterocycles. The lowest BCUT2D eigenvalue weighted by molar-refractivity contribution is -0.107. The van der Waals surface area contributed by atoms with E-state index in [1.54, 1.807) is 4.90 Å². The van der Waals surface area contributed by atoms with Crippen LogP contribution in [0.25, 0.3) is 0 Å². The van der Waals surface area contributed by atoms with Crippen molar-refractivity contribution in [3.05, 3.63) is 0 Å². The molecular weight excluding hydrogens is 168 g/mol. The van der Waals surface area contributed by atoms with Gasteiger partial charge in [0.25, 0.3) is 0 Å². The molecule has 0 spiro atoms. The molecule has 0 atom stereocenters. The van der Waals surface area contributed by atoms with Gasteiger partial charge in [-0.05, 0) is 12.8 Å². The maximum atomic E-state index is 11.2. The van der Waals surface area contributed by atoms with Gasteiger partial charge < -0.3 is 15.3 Å². The predicted octanol–water partition coefficient (Wildman–Crippen LogP) is 0.419. The SMILES string of the molecule is CCNC(=O)N1CC(O)(C(C)C)C1. The summed E-state index contributed by atoms with van der Waals surface area (Å²) in [6.45, 7) is 7.36. The largest absolute Gasteiger partial charge is 0.386 e. The van der Waals surface area contributed by atoms with E-state index in [0.29, 0.717) is 19.6 Å². The molecule has 0 unspecified atom stereocenters. The number of carbonyl (C=O) groups is 1. The third-order valence-electron chi connectivity index (χ3n) is 2.62. The number of carbonyl (C=O) groups excluding carboxylic acids is 1. The van der Waals surface area contributed by atoms with Crippen LogP contribution in [0.1, 0.15) is 20.8 Å². The number of amides is 2. The average molecular weight is 186 g/mol. The molecule has 0 aromatic heterocycles. The van der Waals surface area contributed by atoms with Gasteiger partial charge in [0.15, 0.2) is 0 Å². The zero-order valence-corrected chi connectivity index (χ0v) is 8.50. The average Bonchev–Trinajstić information content (AvgIpc) is 1.98. The lowest BCUT2D eigenvalue weighted by atomic mass is 9.83. The Morgan fingerprint density at radius 1 is 1.62 bits per heavy atom. The van der Waals surface area contributed by atoms with Crippen molar-refractivity contribution in [1.29, 1.82) is 0 Å². The number of nitrogens with zero attached hydrogens (tertiary/aromatic N) is 1. The number of rotatable bonds is 2. The van der Waals surface area contributed by atoms with Gasteiger partial charge in [0.05, 0.1) is 13.1 Å². The van der Waals surface area contributed by atoms with Crippen molar-refractivity contribution in [1.82, 2.24) is 10.2 Å². The Morgan fingerprint density at radius 2 is 2.15 bits per heavy atom. The van der Waals surface area contributed by atoms with E-state index < -0.39 is 5.60 Å². The Balaban J connectivity index is 2.36. The molecule has 0 saturated carbocycles. The minimum Gasteiger partial charge on any atom is -0.386 e. The summed E-state index contributed by atoms with van der Waals surface area (Å²) in [5.74, 6) is 0.207. The number of nitrogens with one attached hydrogen (secondary N) is 1. The van der Waals surface area contributed by atoms with Crippen LogP contribution in [0.15, 0.2) is 0 Å². The monoisotopic (exact) mass is 186 g/mol. The minimum atomic E-state index is -0.662. The second-order valence-corrected chi connectivity index (χ2v) is 3.95. The molecule has 1 fully saturated rings. The Hall–Kier alpha value is -0.770. The molecule has 0 bridgehead atoms. The molecule has 0 aromatic rings. The van der Waals surface area contributed by atoms with Crippen LogP contribution in [-0.2, 0) is 0 Å². The van der Waals surface area contributed by atoms with E-state index in [0.717, 1.165) is 0 Å². The van der Waals surface area contributed by atoms with Gasteiger partial charge in [-0.1, -0.05) is 13.8 Å². The zero-order chi connectivity index (χ0) is 10.1. The van der Waals surface area contributed by atoms with Crippen molar-refractivity contribution in [2.45, 2.75) is 26.4 Å². The van der Waals surface area contributed by atoms with Gasteiger partial charge in [0, 0.05) is 6.54 Å². The summed E-state index contributed by atoms with van der Waals surface area (Å²) in [7, 11) is 0. The second kappa shape index (κ2) is 3.54. The van der Waals surface area contributed by atoms with E-state index >= 15 is 0 Å². The number of urea groups is 1.